The second-order valence-electron chi connectivity index (χ2n) is 6.14. The maximum absolute atomic E-state index is 12.4. The van der Waals surface area contributed by atoms with Gasteiger partial charge in [-0.1, -0.05) is 0 Å². The number of hydrogen-bond donors (Lipinski definition) is 2. The average molecular weight is 399 g/mol. The van der Waals surface area contributed by atoms with Crippen molar-refractivity contribution in [2.75, 3.05) is 52.4 Å². The zero-order valence-electron chi connectivity index (χ0n) is 15.4. The summed E-state index contributed by atoms with van der Waals surface area (Å²) < 4.78 is 36.4. The molecule has 1 aliphatic heterocycles. The highest BCUT2D eigenvalue weighted by atomic mass is 32.2. The van der Waals surface area contributed by atoms with Crippen LogP contribution in [0.2, 0.25) is 0 Å². The highest BCUT2D eigenvalue weighted by Crippen LogP contribution is 2.20. The molecule has 2 N–H and O–H groups in total. The van der Waals surface area contributed by atoms with Gasteiger partial charge in [0.25, 0.3) is 0 Å². The van der Waals surface area contributed by atoms with Crippen LogP contribution in [0, 0.1) is 5.92 Å². The number of anilines is 1. The lowest BCUT2D eigenvalue weighted by Gasteiger charge is -2.16. The van der Waals surface area contributed by atoms with Gasteiger partial charge in [-0.3, -0.25) is 9.59 Å². The first-order valence-electron chi connectivity index (χ1n) is 8.53. The minimum absolute atomic E-state index is 0.0734. The van der Waals surface area contributed by atoms with Crippen LogP contribution in [0.1, 0.15) is 6.42 Å². The van der Waals surface area contributed by atoms with Gasteiger partial charge in [-0.25, -0.2) is 13.1 Å². The topological polar surface area (TPSA) is 114 Å². The Morgan fingerprint density at radius 3 is 2.48 bits per heavy atom. The first-order chi connectivity index (χ1) is 12.9. The predicted molar refractivity (Wildman–Crippen MR) is 98.7 cm³/mol. The van der Waals surface area contributed by atoms with E-state index in [2.05, 4.69) is 10.0 Å². The Balaban J connectivity index is 1.92. The van der Waals surface area contributed by atoms with Crippen molar-refractivity contribution in [2.45, 2.75) is 11.3 Å². The number of ether oxygens (including phenoxy) is 2. The van der Waals surface area contributed by atoms with Crippen molar-refractivity contribution < 1.29 is 27.5 Å². The lowest BCUT2D eigenvalue weighted by atomic mass is 10.1. The number of hydrogen-bond acceptors (Lipinski definition) is 6. The minimum Gasteiger partial charge on any atom is -0.383 e. The van der Waals surface area contributed by atoms with Crippen molar-refractivity contribution in [3.8, 4) is 0 Å². The predicted octanol–water partition coefficient (Wildman–Crippen LogP) is 0.0447. The molecule has 27 heavy (non-hydrogen) atoms. The van der Waals surface area contributed by atoms with E-state index in [1.54, 1.807) is 12.0 Å². The van der Waals surface area contributed by atoms with Crippen LogP contribution in [0.25, 0.3) is 0 Å². The van der Waals surface area contributed by atoms with Crippen molar-refractivity contribution in [1.29, 1.82) is 0 Å². The third kappa shape index (κ3) is 5.99. The number of nitrogens with one attached hydrogen (secondary N) is 2. The molecule has 0 bridgehead atoms. The van der Waals surface area contributed by atoms with Gasteiger partial charge in [0, 0.05) is 46.0 Å². The summed E-state index contributed by atoms with van der Waals surface area (Å²) in [5.74, 6) is -0.777. The van der Waals surface area contributed by atoms with Gasteiger partial charge in [-0.2, -0.15) is 0 Å². The summed E-state index contributed by atoms with van der Waals surface area (Å²) in [5, 5.41) is 2.73. The Labute approximate surface area is 159 Å². The maximum atomic E-state index is 12.4. The van der Waals surface area contributed by atoms with E-state index < -0.39 is 15.9 Å². The summed E-state index contributed by atoms with van der Waals surface area (Å²) in [6.45, 7) is 1.68. The number of likely N-dealkylation sites (tertiary alicyclic amines) is 1. The van der Waals surface area contributed by atoms with Crippen LogP contribution >= 0.6 is 0 Å². The van der Waals surface area contributed by atoms with E-state index in [0.29, 0.717) is 25.4 Å². The summed E-state index contributed by atoms with van der Waals surface area (Å²) in [7, 11) is -0.579. The molecule has 9 nitrogen and oxygen atoms in total. The molecular weight excluding hydrogens is 374 g/mol. The zero-order chi connectivity index (χ0) is 19.9. The van der Waals surface area contributed by atoms with Crippen molar-refractivity contribution in [3.63, 3.8) is 0 Å². The van der Waals surface area contributed by atoms with Crippen LogP contribution in [0.5, 0.6) is 0 Å². The lowest BCUT2D eigenvalue weighted by Crippen LogP contribution is -2.30. The second kappa shape index (κ2) is 9.79. The largest absolute Gasteiger partial charge is 0.383 e. The number of methoxy groups -OCH3 is 2. The molecule has 1 aromatic carbocycles. The summed E-state index contributed by atoms with van der Waals surface area (Å²) in [6, 6.07) is 5.86. The molecule has 10 heteroatoms. The van der Waals surface area contributed by atoms with E-state index in [1.807, 2.05) is 0 Å². The number of nitrogens with zero attached hydrogens (tertiary/aromatic N) is 1. The fourth-order valence-electron chi connectivity index (χ4n) is 2.69. The molecule has 1 atom stereocenters. The molecular formula is C17H25N3O6S. The third-order valence-electron chi connectivity index (χ3n) is 4.18. The molecule has 1 aromatic rings. The highest BCUT2D eigenvalue weighted by molar-refractivity contribution is 7.89. The van der Waals surface area contributed by atoms with Gasteiger partial charge in [0.05, 0.1) is 24.0 Å². The van der Waals surface area contributed by atoms with E-state index in [-0.39, 0.29) is 36.3 Å². The SMILES string of the molecule is COCCNS(=O)(=O)c1ccc(NC(=O)C2CC(=O)N(CCOC)C2)cc1. The summed E-state index contributed by atoms with van der Waals surface area (Å²) in [6.07, 6.45) is 0.158. The molecule has 0 spiro atoms. The van der Waals surface area contributed by atoms with Crippen molar-refractivity contribution in [1.82, 2.24) is 9.62 Å². The summed E-state index contributed by atoms with van der Waals surface area (Å²) in [5.41, 5.74) is 0.471. The molecule has 1 saturated heterocycles. The van der Waals surface area contributed by atoms with Gasteiger partial charge < -0.3 is 19.7 Å². The standard InChI is InChI=1S/C17H25N3O6S/c1-25-9-7-18-27(23,24)15-5-3-14(4-6-15)19-17(22)13-11-16(21)20(12-13)8-10-26-2/h3-6,13,18H,7-12H2,1-2H3,(H,19,22). The molecule has 1 aliphatic rings. The van der Waals surface area contributed by atoms with Crippen molar-refractivity contribution in [3.05, 3.63) is 24.3 Å². The lowest BCUT2D eigenvalue weighted by molar-refractivity contribution is -0.128. The van der Waals surface area contributed by atoms with Gasteiger partial charge in [0.15, 0.2) is 0 Å². The number of sulfonamides is 1. The van der Waals surface area contributed by atoms with Gasteiger partial charge in [0.1, 0.15) is 0 Å². The number of amides is 2. The number of benzene rings is 1. The molecule has 2 amide bonds. The van der Waals surface area contributed by atoms with Crippen molar-refractivity contribution >= 4 is 27.5 Å². The van der Waals surface area contributed by atoms with Gasteiger partial charge in [-0.15, -0.1) is 0 Å². The van der Waals surface area contributed by atoms with Crippen LogP contribution < -0.4 is 10.0 Å². The normalized spacial score (nSPS) is 17.3. The van der Waals surface area contributed by atoms with E-state index >= 15 is 0 Å². The number of carbonyl (C=O) groups excluding carboxylic acids is 2. The summed E-state index contributed by atoms with van der Waals surface area (Å²) >= 11 is 0. The Hall–Kier alpha value is -2.01. The molecule has 0 saturated carbocycles. The third-order valence-corrected chi connectivity index (χ3v) is 5.66. The Bertz CT molecular complexity index is 750. The molecule has 150 valence electrons. The molecule has 1 unspecified atom stereocenters. The van der Waals surface area contributed by atoms with E-state index in [0.717, 1.165) is 0 Å². The minimum atomic E-state index is -3.62. The van der Waals surface area contributed by atoms with Gasteiger partial charge in [0.2, 0.25) is 21.8 Å². The van der Waals surface area contributed by atoms with E-state index in [1.165, 1.54) is 31.4 Å². The van der Waals surface area contributed by atoms with Crippen LogP contribution in [-0.4, -0.2) is 72.2 Å². The van der Waals surface area contributed by atoms with Crippen LogP contribution in [0.15, 0.2) is 29.2 Å². The molecule has 0 aromatic heterocycles. The van der Waals surface area contributed by atoms with Crippen LogP contribution in [0.4, 0.5) is 5.69 Å². The number of rotatable bonds is 10. The average Bonchev–Trinajstić information content (AvgIpc) is 3.01. The van der Waals surface area contributed by atoms with Gasteiger partial charge >= 0.3 is 0 Å². The van der Waals surface area contributed by atoms with Crippen LogP contribution in [-0.2, 0) is 29.1 Å². The maximum Gasteiger partial charge on any atom is 0.240 e. The Morgan fingerprint density at radius 2 is 1.85 bits per heavy atom. The summed E-state index contributed by atoms with van der Waals surface area (Å²) in [4.78, 5) is 26.0. The van der Waals surface area contributed by atoms with E-state index in [4.69, 9.17) is 9.47 Å². The Morgan fingerprint density at radius 1 is 1.19 bits per heavy atom. The molecule has 0 radical (unpaired) electrons. The van der Waals surface area contributed by atoms with Crippen LogP contribution in [0.3, 0.4) is 0 Å². The highest BCUT2D eigenvalue weighted by Gasteiger charge is 2.34. The van der Waals surface area contributed by atoms with E-state index in [9.17, 15) is 18.0 Å². The fraction of sp³-hybridized carbons (Fsp3) is 0.529. The molecule has 1 heterocycles. The zero-order valence-corrected chi connectivity index (χ0v) is 16.3. The van der Waals surface area contributed by atoms with Gasteiger partial charge in [-0.05, 0) is 24.3 Å². The molecule has 0 aliphatic carbocycles. The second-order valence-corrected chi connectivity index (χ2v) is 7.90. The quantitative estimate of drug-likeness (QED) is 0.537. The monoisotopic (exact) mass is 399 g/mol. The first kappa shape index (κ1) is 21.3. The Kier molecular flexibility index (Phi) is 7.72. The fourth-order valence-corrected chi connectivity index (χ4v) is 3.70. The smallest absolute Gasteiger partial charge is 0.240 e. The number of carbonyl (C=O) groups is 2. The molecule has 2 rings (SSSR count). The first-order valence-corrected chi connectivity index (χ1v) is 10.0. The molecule has 1 fully saturated rings. The van der Waals surface area contributed by atoms with Crippen molar-refractivity contribution in [2.24, 2.45) is 5.92 Å².